The van der Waals surface area contributed by atoms with E-state index in [4.69, 9.17) is 4.74 Å². The smallest absolute Gasteiger partial charge is 0.123 e. The van der Waals surface area contributed by atoms with Gasteiger partial charge in [-0.1, -0.05) is 48.0 Å². The van der Waals surface area contributed by atoms with Gasteiger partial charge in [-0.25, -0.2) is 4.39 Å². The third-order valence-electron chi connectivity index (χ3n) is 4.87. The zero-order valence-corrected chi connectivity index (χ0v) is 17.6. The molecule has 0 amide bonds. The maximum Gasteiger partial charge on any atom is 0.123 e. The van der Waals surface area contributed by atoms with Crippen LogP contribution in [0, 0.1) is 16.6 Å². The van der Waals surface area contributed by atoms with Gasteiger partial charge in [0, 0.05) is 11.4 Å². The maximum absolute atomic E-state index is 13.0. The highest BCUT2D eigenvalue weighted by Gasteiger charge is 2.27. The molecule has 0 saturated carbocycles. The number of rotatable bonds is 8. The number of benzene rings is 2. The highest BCUT2D eigenvalue weighted by Crippen LogP contribution is 2.34. The van der Waals surface area contributed by atoms with Crippen LogP contribution < -0.4 is 10.1 Å². The Balaban J connectivity index is 2.05. The van der Waals surface area contributed by atoms with E-state index in [-0.39, 0.29) is 22.8 Å². The molecule has 0 spiro atoms. The van der Waals surface area contributed by atoms with Gasteiger partial charge in [0.15, 0.2) is 0 Å². The van der Waals surface area contributed by atoms with Crippen molar-refractivity contribution in [2.75, 3.05) is 5.32 Å². The normalized spacial score (nSPS) is 13.3. The maximum atomic E-state index is 13.0. The van der Waals surface area contributed by atoms with E-state index in [9.17, 15) is 4.39 Å². The molecule has 0 aromatic heterocycles. The molecule has 148 valence electrons. The number of hydrogen-bond acceptors (Lipinski definition) is 2. The second-order valence-corrected chi connectivity index (χ2v) is 9.38. The monoisotopic (exact) mass is 371 g/mol. The van der Waals surface area contributed by atoms with E-state index < -0.39 is 0 Å². The van der Waals surface area contributed by atoms with Gasteiger partial charge in [-0.2, -0.15) is 0 Å². The first kappa shape index (κ1) is 21.3. The molecule has 0 aliphatic carbocycles. The van der Waals surface area contributed by atoms with Gasteiger partial charge in [0.1, 0.15) is 11.6 Å². The predicted molar refractivity (Wildman–Crippen MR) is 113 cm³/mol. The molecule has 0 bridgehead atoms. The average Bonchev–Trinajstić information content (AvgIpc) is 2.57. The summed E-state index contributed by atoms with van der Waals surface area (Å²) in [4.78, 5) is 0. The van der Waals surface area contributed by atoms with Crippen LogP contribution in [0.25, 0.3) is 0 Å². The molecule has 1 N–H and O–H groups in total. The van der Waals surface area contributed by atoms with Crippen LogP contribution in [0.2, 0.25) is 0 Å². The minimum absolute atomic E-state index is 0.191. The van der Waals surface area contributed by atoms with Crippen LogP contribution in [0.4, 0.5) is 15.8 Å². The van der Waals surface area contributed by atoms with Gasteiger partial charge >= 0.3 is 0 Å². The fraction of sp³-hybridized carbons (Fsp3) is 0.500. The summed E-state index contributed by atoms with van der Waals surface area (Å²) in [5.41, 5.74) is 2.30. The molecule has 0 saturated heterocycles. The Morgan fingerprint density at radius 3 is 1.85 bits per heavy atom. The van der Waals surface area contributed by atoms with Crippen molar-refractivity contribution in [2.45, 2.75) is 66.9 Å². The Hall–Kier alpha value is -2.03. The number of anilines is 2. The van der Waals surface area contributed by atoms with Crippen LogP contribution >= 0.6 is 0 Å². The fourth-order valence-corrected chi connectivity index (χ4v) is 3.11. The Morgan fingerprint density at radius 1 is 0.852 bits per heavy atom. The summed E-state index contributed by atoms with van der Waals surface area (Å²) in [6, 6.07) is 14.4. The molecular formula is C24H34FNO. The topological polar surface area (TPSA) is 21.3 Å². The highest BCUT2D eigenvalue weighted by molar-refractivity contribution is 5.60. The third-order valence-corrected chi connectivity index (χ3v) is 4.87. The van der Waals surface area contributed by atoms with Gasteiger partial charge < -0.3 is 10.1 Å². The molecule has 0 radical (unpaired) electrons. The SMILES string of the molecule is CCC(C)(C)CC(CC(C)(C)C)Oc1ccc(Nc2ccc(F)cc2)cc1. The molecule has 2 nitrogen and oxygen atoms in total. The van der Waals surface area contributed by atoms with E-state index in [0.717, 1.165) is 36.4 Å². The molecular weight excluding hydrogens is 337 g/mol. The molecule has 0 aliphatic heterocycles. The standard InChI is InChI=1S/C24H34FNO/c1-7-24(5,6)17-22(16-23(2,3)4)27-21-14-12-20(13-15-21)26-19-10-8-18(25)9-11-19/h8-15,22,26H,7,16-17H2,1-6H3. The fourth-order valence-electron chi connectivity index (χ4n) is 3.11. The number of ether oxygens (including phenoxy) is 1. The molecule has 0 fully saturated rings. The lowest BCUT2D eigenvalue weighted by molar-refractivity contribution is 0.0938. The molecule has 2 aromatic carbocycles. The summed E-state index contributed by atoms with van der Waals surface area (Å²) in [5, 5.41) is 3.28. The van der Waals surface area contributed by atoms with Crippen molar-refractivity contribution in [2.24, 2.45) is 10.8 Å². The predicted octanol–water partition coefficient (Wildman–Crippen LogP) is 7.58. The minimum atomic E-state index is -0.232. The molecule has 27 heavy (non-hydrogen) atoms. The first-order valence-corrected chi connectivity index (χ1v) is 9.86. The third kappa shape index (κ3) is 7.62. The Bertz CT molecular complexity index is 699. The molecule has 0 heterocycles. The zero-order chi connectivity index (χ0) is 20.1. The van der Waals surface area contributed by atoms with Gasteiger partial charge in [-0.05, 0) is 72.2 Å². The molecule has 1 atom stereocenters. The Kier molecular flexibility index (Phi) is 6.91. The number of halogens is 1. The first-order valence-electron chi connectivity index (χ1n) is 9.86. The molecule has 2 aromatic rings. The summed E-state index contributed by atoms with van der Waals surface area (Å²) in [5.74, 6) is 0.657. The molecule has 0 aliphatic rings. The van der Waals surface area contributed by atoms with Crippen LogP contribution in [0.15, 0.2) is 48.5 Å². The van der Waals surface area contributed by atoms with E-state index in [2.05, 4.69) is 46.9 Å². The zero-order valence-electron chi connectivity index (χ0n) is 17.6. The van der Waals surface area contributed by atoms with Crippen molar-refractivity contribution < 1.29 is 9.13 Å². The van der Waals surface area contributed by atoms with Gasteiger partial charge in [-0.15, -0.1) is 0 Å². The van der Waals surface area contributed by atoms with Gasteiger partial charge in [-0.3, -0.25) is 0 Å². The van der Waals surface area contributed by atoms with Gasteiger partial charge in [0.2, 0.25) is 0 Å². The van der Waals surface area contributed by atoms with E-state index in [1.807, 2.05) is 24.3 Å². The Morgan fingerprint density at radius 2 is 1.37 bits per heavy atom. The van der Waals surface area contributed by atoms with E-state index in [1.54, 1.807) is 12.1 Å². The first-order chi connectivity index (χ1) is 12.6. The lowest BCUT2D eigenvalue weighted by atomic mass is 9.79. The van der Waals surface area contributed by atoms with Gasteiger partial charge in [0.25, 0.3) is 0 Å². The number of nitrogens with one attached hydrogen (secondary N) is 1. The van der Waals surface area contributed by atoms with E-state index in [0.29, 0.717) is 0 Å². The lowest BCUT2D eigenvalue weighted by Gasteiger charge is -2.33. The largest absolute Gasteiger partial charge is 0.490 e. The molecule has 2 rings (SSSR count). The van der Waals surface area contributed by atoms with Crippen LogP contribution in [-0.2, 0) is 0 Å². The van der Waals surface area contributed by atoms with Crippen molar-refractivity contribution in [1.82, 2.24) is 0 Å². The van der Waals surface area contributed by atoms with Gasteiger partial charge in [0.05, 0.1) is 6.10 Å². The van der Waals surface area contributed by atoms with Crippen molar-refractivity contribution in [3.63, 3.8) is 0 Å². The second kappa shape index (κ2) is 8.77. The van der Waals surface area contributed by atoms with E-state index >= 15 is 0 Å². The second-order valence-electron chi connectivity index (χ2n) is 9.38. The van der Waals surface area contributed by atoms with Crippen LogP contribution in [0.3, 0.4) is 0 Å². The lowest BCUT2D eigenvalue weighted by Crippen LogP contribution is -2.29. The summed E-state index contributed by atoms with van der Waals surface area (Å²) < 4.78 is 19.4. The summed E-state index contributed by atoms with van der Waals surface area (Å²) in [7, 11) is 0. The average molecular weight is 372 g/mol. The van der Waals surface area contributed by atoms with Crippen molar-refractivity contribution in [3.8, 4) is 5.75 Å². The number of hydrogen-bond donors (Lipinski definition) is 1. The van der Waals surface area contributed by atoms with Crippen LogP contribution in [0.1, 0.15) is 60.8 Å². The minimum Gasteiger partial charge on any atom is -0.490 e. The summed E-state index contributed by atoms with van der Waals surface area (Å²) in [6.45, 7) is 13.6. The quantitative estimate of drug-likeness (QED) is 0.516. The molecule has 1 unspecified atom stereocenters. The molecule has 3 heteroatoms. The van der Waals surface area contributed by atoms with Crippen molar-refractivity contribution in [1.29, 1.82) is 0 Å². The summed E-state index contributed by atoms with van der Waals surface area (Å²) in [6.07, 6.45) is 3.38. The van der Waals surface area contributed by atoms with Crippen molar-refractivity contribution >= 4 is 11.4 Å². The van der Waals surface area contributed by atoms with Crippen molar-refractivity contribution in [3.05, 3.63) is 54.3 Å². The summed E-state index contributed by atoms with van der Waals surface area (Å²) >= 11 is 0. The highest BCUT2D eigenvalue weighted by atomic mass is 19.1. The van der Waals surface area contributed by atoms with Crippen LogP contribution in [0.5, 0.6) is 5.75 Å². The van der Waals surface area contributed by atoms with Crippen LogP contribution in [-0.4, -0.2) is 6.10 Å². The van der Waals surface area contributed by atoms with E-state index in [1.165, 1.54) is 12.1 Å². The Labute approximate surface area is 164 Å².